The normalized spacial score (nSPS) is 10.2. The summed E-state index contributed by atoms with van der Waals surface area (Å²) in [5, 5.41) is 6.41. The maximum atomic E-state index is 12.2. The molecule has 19 heavy (non-hydrogen) atoms. The van der Waals surface area contributed by atoms with Crippen molar-refractivity contribution in [2.45, 2.75) is 20.3 Å². The van der Waals surface area contributed by atoms with E-state index in [2.05, 4.69) is 31.9 Å². The van der Waals surface area contributed by atoms with Crippen LogP contribution in [0.3, 0.4) is 0 Å². The highest BCUT2D eigenvalue weighted by atomic mass is 32.1. The van der Waals surface area contributed by atoms with Crippen LogP contribution in [-0.4, -0.2) is 26.8 Å². The Hall–Kier alpha value is -2.02. The Balaban J connectivity index is 2.14. The van der Waals surface area contributed by atoms with E-state index in [1.54, 1.807) is 25.4 Å². The zero-order chi connectivity index (χ0) is 13.7. The standard InChI is InChI=1S/C12H15N5OS/c1-3-5-14-10-7-13-6-4-9(10)11(18)16-12-15-8(2)17-19-12/h4,6-7,14H,3,5H2,1-2H3,(H,15,16,17,18). The number of nitrogens with one attached hydrogen (secondary N) is 2. The summed E-state index contributed by atoms with van der Waals surface area (Å²) in [7, 11) is 0. The average Bonchev–Trinajstić information content (AvgIpc) is 2.82. The average molecular weight is 277 g/mol. The fourth-order valence-corrected chi connectivity index (χ4v) is 2.08. The number of hydrogen-bond acceptors (Lipinski definition) is 6. The molecule has 0 aromatic carbocycles. The summed E-state index contributed by atoms with van der Waals surface area (Å²) in [6.45, 7) is 4.64. The van der Waals surface area contributed by atoms with Crippen LogP contribution < -0.4 is 10.6 Å². The number of carbonyl (C=O) groups excluding carboxylic acids is 1. The summed E-state index contributed by atoms with van der Waals surface area (Å²) in [5.41, 5.74) is 1.28. The van der Waals surface area contributed by atoms with Crippen molar-refractivity contribution >= 4 is 28.3 Å². The van der Waals surface area contributed by atoms with Crippen molar-refractivity contribution in [3.63, 3.8) is 0 Å². The largest absolute Gasteiger partial charge is 0.383 e. The van der Waals surface area contributed by atoms with Crippen molar-refractivity contribution in [1.29, 1.82) is 0 Å². The van der Waals surface area contributed by atoms with E-state index in [0.717, 1.165) is 18.7 Å². The Morgan fingerprint density at radius 1 is 1.47 bits per heavy atom. The predicted molar refractivity (Wildman–Crippen MR) is 75.6 cm³/mol. The van der Waals surface area contributed by atoms with Gasteiger partial charge in [-0.1, -0.05) is 6.92 Å². The number of aromatic nitrogens is 3. The van der Waals surface area contributed by atoms with Gasteiger partial charge in [0.15, 0.2) is 0 Å². The van der Waals surface area contributed by atoms with E-state index in [-0.39, 0.29) is 5.91 Å². The van der Waals surface area contributed by atoms with Gasteiger partial charge in [-0.15, -0.1) is 0 Å². The lowest BCUT2D eigenvalue weighted by Crippen LogP contribution is -2.15. The number of carbonyl (C=O) groups is 1. The maximum Gasteiger partial charge on any atom is 0.259 e. The Bertz CT molecular complexity index is 569. The Labute approximate surface area is 115 Å². The van der Waals surface area contributed by atoms with Crippen molar-refractivity contribution in [2.24, 2.45) is 0 Å². The van der Waals surface area contributed by atoms with E-state index in [1.807, 2.05) is 0 Å². The van der Waals surface area contributed by atoms with Crippen LogP contribution in [0.5, 0.6) is 0 Å². The van der Waals surface area contributed by atoms with Gasteiger partial charge in [-0.3, -0.25) is 15.1 Å². The van der Waals surface area contributed by atoms with Gasteiger partial charge in [0.25, 0.3) is 5.91 Å². The van der Waals surface area contributed by atoms with Gasteiger partial charge >= 0.3 is 0 Å². The van der Waals surface area contributed by atoms with E-state index >= 15 is 0 Å². The third-order valence-electron chi connectivity index (χ3n) is 2.38. The monoisotopic (exact) mass is 277 g/mol. The second-order valence-corrected chi connectivity index (χ2v) is 4.70. The van der Waals surface area contributed by atoms with Crippen LogP contribution in [0.15, 0.2) is 18.5 Å². The summed E-state index contributed by atoms with van der Waals surface area (Å²) < 4.78 is 4.02. The smallest absolute Gasteiger partial charge is 0.259 e. The predicted octanol–water partition coefficient (Wildman–Crippen LogP) is 2.32. The SMILES string of the molecule is CCCNc1cnccc1C(=O)Nc1nc(C)ns1. The molecule has 0 bridgehead atoms. The minimum absolute atomic E-state index is 0.211. The first-order chi connectivity index (χ1) is 9.20. The molecule has 0 aliphatic heterocycles. The molecule has 0 radical (unpaired) electrons. The highest BCUT2D eigenvalue weighted by molar-refractivity contribution is 7.09. The number of aryl methyl sites for hydroxylation is 1. The van der Waals surface area contributed by atoms with Gasteiger partial charge in [-0.05, 0) is 19.4 Å². The topological polar surface area (TPSA) is 79.8 Å². The molecule has 2 aromatic rings. The Morgan fingerprint density at radius 2 is 2.32 bits per heavy atom. The molecule has 0 saturated carbocycles. The van der Waals surface area contributed by atoms with E-state index in [9.17, 15) is 4.79 Å². The molecule has 1 amide bonds. The number of pyridine rings is 1. The molecule has 0 aliphatic carbocycles. The summed E-state index contributed by atoms with van der Waals surface area (Å²) in [6.07, 6.45) is 4.22. The van der Waals surface area contributed by atoms with Crippen LogP contribution >= 0.6 is 11.5 Å². The molecule has 2 heterocycles. The van der Waals surface area contributed by atoms with Gasteiger partial charge in [0, 0.05) is 24.3 Å². The molecule has 2 N–H and O–H groups in total. The lowest BCUT2D eigenvalue weighted by Gasteiger charge is -2.09. The molecular formula is C12H15N5OS. The number of hydrogen-bond donors (Lipinski definition) is 2. The third kappa shape index (κ3) is 3.47. The van der Waals surface area contributed by atoms with Gasteiger partial charge in [-0.25, -0.2) is 4.98 Å². The summed E-state index contributed by atoms with van der Waals surface area (Å²) in [4.78, 5) is 20.3. The second-order valence-electron chi connectivity index (χ2n) is 3.95. The molecule has 2 aromatic heterocycles. The van der Waals surface area contributed by atoms with E-state index in [0.29, 0.717) is 16.5 Å². The molecule has 0 aliphatic rings. The van der Waals surface area contributed by atoms with Crippen molar-refractivity contribution in [3.05, 3.63) is 29.8 Å². The second kappa shape index (κ2) is 6.24. The molecular weight excluding hydrogens is 262 g/mol. The van der Waals surface area contributed by atoms with Crippen LogP contribution in [-0.2, 0) is 0 Å². The van der Waals surface area contributed by atoms with Crippen molar-refractivity contribution in [3.8, 4) is 0 Å². The first-order valence-electron chi connectivity index (χ1n) is 6.00. The van der Waals surface area contributed by atoms with Crippen LogP contribution in [0.2, 0.25) is 0 Å². The van der Waals surface area contributed by atoms with E-state index < -0.39 is 0 Å². The van der Waals surface area contributed by atoms with Gasteiger partial charge in [-0.2, -0.15) is 4.37 Å². The first-order valence-corrected chi connectivity index (χ1v) is 6.77. The Kier molecular flexibility index (Phi) is 4.40. The number of amides is 1. The highest BCUT2D eigenvalue weighted by Gasteiger charge is 2.13. The molecule has 0 saturated heterocycles. The van der Waals surface area contributed by atoms with Crippen molar-refractivity contribution < 1.29 is 4.79 Å². The molecule has 7 heteroatoms. The maximum absolute atomic E-state index is 12.2. The minimum atomic E-state index is -0.211. The summed E-state index contributed by atoms with van der Waals surface area (Å²) in [6, 6.07) is 1.68. The van der Waals surface area contributed by atoms with Gasteiger partial charge in [0.1, 0.15) is 5.82 Å². The molecule has 2 rings (SSSR count). The fourth-order valence-electron chi connectivity index (χ4n) is 1.51. The zero-order valence-corrected chi connectivity index (χ0v) is 11.6. The highest BCUT2D eigenvalue weighted by Crippen LogP contribution is 2.17. The van der Waals surface area contributed by atoms with E-state index in [1.165, 1.54) is 11.5 Å². The third-order valence-corrected chi connectivity index (χ3v) is 3.10. The lowest BCUT2D eigenvalue weighted by molar-refractivity contribution is 0.102. The van der Waals surface area contributed by atoms with Crippen LogP contribution in [0, 0.1) is 6.92 Å². The summed E-state index contributed by atoms with van der Waals surface area (Å²) >= 11 is 1.17. The Morgan fingerprint density at radius 3 is 3.00 bits per heavy atom. The van der Waals surface area contributed by atoms with E-state index in [4.69, 9.17) is 0 Å². The van der Waals surface area contributed by atoms with Gasteiger partial charge in [0.05, 0.1) is 17.4 Å². The number of rotatable bonds is 5. The molecule has 0 unspecified atom stereocenters. The van der Waals surface area contributed by atoms with Crippen molar-refractivity contribution in [1.82, 2.24) is 14.3 Å². The minimum Gasteiger partial charge on any atom is -0.383 e. The molecule has 0 atom stereocenters. The number of anilines is 2. The van der Waals surface area contributed by atoms with Gasteiger partial charge < -0.3 is 5.32 Å². The number of nitrogens with zero attached hydrogens (tertiary/aromatic N) is 3. The van der Waals surface area contributed by atoms with Gasteiger partial charge in [0.2, 0.25) is 5.13 Å². The quantitative estimate of drug-likeness (QED) is 0.876. The fraction of sp³-hybridized carbons (Fsp3) is 0.333. The van der Waals surface area contributed by atoms with Crippen LogP contribution in [0.1, 0.15) is 29.5 Å². The molecule has 6 nitrogen and oxygen atoms in total. The summed E-state index contributed by atoms with van der Waals surface area (Å²) in [5.74, 6) is 0.441. The van der Waals surface area contributed by atoms with Crippen LogP contribution in [0.4, 0.5) is 10.8 Å². The zero-order valence-electron chi connectivity index (χ0n) is 10.8. The molecule has 100 valence electrons. The molecule has 0 spiro atoms. The van der Waals surface area contributed by atoms with Crippen molar-refractivity contribution in [2.75, 3.05) is 17.2 Å². The molecule has 0 fully saturated rings. The van der Waals surface area contributed by atoms with Crippen LogP contribution in [0.25, 0.3) is 0 Å². The first kappa shape index (κ1) is 13.4. The lowest BCUT2D eigenvalue weighted by atomic mass is 10.2.